The number of ether oxygens (including phenoxy) is 1. The van der Waals surface area contributed by atoms with Crippen molar-refractivity contribution in [2.75, 3.05) is 12.4 Å². The van der Waals surface area contributed by atoms with E-state index in [2.05, 4.69) is 10.1 Å². The van der Waals surface area contributed by atoms with Crippen molar-refractivity contribution in [2.24, 2.45) is 10.9 Å². The summed E-state index contributed by atoms with van der Waals surface area (Å²) in [6.45, 7) is 0.0281. The van der Waals surface area contributed by atoms with Gasteiger partial charge in [-0.2, -0.15) is 0 Å². The van der Waals surface area contributed by atoms with Crippen LogP contribution >= 0.6 is 0 Å². The van der Waals surface area contributed by atoms with Gasteiger partial charge in [-0.25, -0.2) is 22.2 Å². The van der Waals surface area contributed by atoms with E-state index in [1.807, 2.05) is 0 Å². The predicted molar refractivity (Wildman–Crippen MR) is 110 cm³/mol. The summed E-state index contributed by atoms with van der Waals surface area (Å²) in [4.78, 5) is 9.22. The number of rotatable bonds is 9. The van der Waals surface area contributed by atoms with Crippen molar-refractivity contribution in [3.8, 4) is 11.6 Å². The number of hydrogen-bond acceptors (Lipinski definition) is 6. The van der Waals surface area contributed by atoms with Crippen LogP contribution in [0.2, 0.25) is 0 Å². The van der Waals surface area contributed by atoms with Gasteiger partial charge in [-0.3, -0.25) is 0 Å². The van der Waals surface area contributed by atoms with Crippen molar-refractivity contribution in [2.45, 2.75) is 11.3 Å². The molecular formula is C21H19F2N3O4S. The molecule has 0 radical (unpaired) electrons. The monoisotopic (exact) mass is 447 g/mol. The van der Waals surface area contributed by atoms with Crippen molar-refractivity contribution in [3.63, 3.8) is 0 Å². The Bertz CT molecular complexity index is 1130. The fraction of sp³-hybridized carbons (Fsp3) is 0.143. The third-order valence-corrected chi connectivity index (χ3v) is 5.87. The SMILES string of the molecule is N/C(=N/OCCCS(=O)(=O)c1ccc(F)cc1)c1ccc(Oc2ccc(F)cc2)nc1. The summed E-state index contributed by atoms with van der Waals surface area (Å²) in [7, 11) is -3.53. The van der Waals surface area contributed by atoms with Crippen molar-refractivity contribution >= 4 is 15.7 Å². The zero-order chi connectivity index (χ0) is 22.3. The van der Waals surface area contributed by atoms with E-state index in [9.17, 15) is 17.2 Å². The molecular weight excluding hydrogens is 428 g/mol. The Morgan fingerprint density at radius 1 is 0.968 bits per heavy atom. The fourth-order valence-electron chi connectivity index (χ4n) is 2.46. The molecule has 2 aromatic carbocycles. The highest BCUT2D eigenvalue weighted by molar-refractivity contribution is 7.91. The largest absolute Gasteiger partial charge is 0.439 e. The lowest BCUT2D eigenvalue weighted by Gasteiger charge is -2.06. The minimum Gasteiger partial charge on any atom is -0.439 e. The van der Waals surface area contributed by atoms with Crippen molar-refractivity contribution in [1.82, 2.24) is 4.98 Å². The van der Waals surface area contributed by atoms with Crippen LogP contribution in [0, 0.1) is 11.6 Å². The van der Waals surface area contributed by atoms with E-state index in [0.29, 0.717) is 11.3 Å². The van der Waals surface area contributed by atoms with Crippen molar-refractivity contribution < 1.29 is 26.8 Å². The summed E-state index contributed by atoms with van der Waals surface area (Å²) in [6.07, 6.45) is 1.61. The van der Waals surface area contributed by atoms with Gasteiger partial charge in [-0.1, -0.05) is 5.16 Å². The number of benzene rings is 2. The first-order valence-corrected chi connectivity index (χ1v) is 10.8. The molecule has 0 aliphatic rings. The highest BCUT2D eigenvalue weighted by Crippen LogP contribution is 2.19. The van der Waals surface area contributed by atoms with Crippen LogP contribution in [-0.2, 0) is 14.7 Å². The van der Waals surface area contributed by atoms with Gasteiger partial charge in [-0.15, -0.1) is 0 Å². The zero-order valence-corrected chi connectivity index (χ0v) is 17.1. The lowest BCUT2D eigenvalue weighted by Crippen LogP contribution is -2.15. The van der Waals surface area contributed by atoms with E-state index in [0.717, 1.165) is 12.1 Å². The number of pyridine rings is 1. The summed E-state index contributed by atoms with van der Waals surface area (Å²) in [6, 6.07) is 13.3. The van der Waals surface area contributed by atoms with Gasteiger partial charge in [0.05, 0.1) is 10.6 Å². The molecule has 0 bridgehead atoms. The van der Waals surface area contributed by atoms with Gasteiger partial charge in [0.25, 0.3) is 0 Å². The van der Waals surface area contributed by atoms with Gasteiger partial charge < -0.3 is 15.3 Å². The average Bonchev–Trinajstić information content (AvgIpc) is 2.76. The van der Waals surface area contributed by atoms with Gasteiger partial charge >= 0.3 is 0 Å². The molecule has 0 aliphatic heterocycles. The molecule has 0 unspecified atom stereocenters. The summed E-state index contributed by atoms with van der Waals surface area (Å²) in [5.74, 6) is -0.269. The smallest absolute Gasteiger partial charge is 0.219 e. The van der Waals surface area contributed by atoms with Crippen molar-refractivity contribution in [1.29, 1.82) is 0 Å². The van der Waals surface area contributed by atoms with Gasteiger partial charge in [0.2, 0.25) is 5.88 Å². The lowest BCUT2D eigenvalue weighted by molar-refractivity contribution is 0.145. The molecule has 3 aromatic rings. The van der Waals surface area contributed by atoms with Crippen LogP contribution in [-0.4, -0.2) is 31.6 Å². The highest BCUT2D eigenvalue weighted by atomic mass is 32.2. The quantitative estimate of drug-likeness (QED) is 0.177. The van der Waals surface area contributed by atoms with Crippen LogP contribution in [0.3, 0.4) is 0 Å². The maximum absolute atomic E-state index is 12.9. The predicted octanol–water partition coefficient (Wildman–Crippen LogP) is 3.65. The molecule has 7 nitrogen and oxygen atoms in total. The number of hydrogen-bond donors (Lipinski definition) is 1. The Hall–Kier alpha value is -3.53. The minimum atomic E-state index is -3.53. The minimum absolute atomic E-state index is 0.0281. The van der Waals surface area contributed by atoms with E-state index in [1.165, 1.54) is 42.6 Å². The van der Waals surface area contributed by atoms with E-state index >= 15 is 0 Å². The Labute approximate surface area is 178 Å². The standard InChI is InChI=1S/C21H19F2N3O4S/c22-16-3-7-18(8-4-16)30-20-11-2-15(14-25-20)21(24)26-29-12-1-13-31(27,28)19-9-5-17(23)6-10-19/h2-11,14H,1,12-13H2,(H2,24,26). The molecule has 0 atom stereocenters. The molecule has 0 saturated carbocycles. The molecule has 0 saturated heterocycles. The Morgan fingerprint density at radius 3 is 2.23 bits per heavy atom. The Balaban J connectivity index is 1.47. The summed E-state index contributed by atoms with van der Waals surface area (Å²) in [5.41, 5.74) is 6.31. The number of aromatic nitrogens is 1. The molecule has 162 valence electrons. The van der Waals surface area contributed by atoms with Gasteiger partial charge in [0.15, 0.2) is 15.7 Å². The van der Waals surface area contributed by atoms with Crippen LogP contribution in [0.25, 0.3) is 0 Å². The molecule has 0 spiro atoms. The molecule has 0 fully saturated rings. The van der Waals surface area contributed by atoms with Crippen LogP contribution in [0.5, 0.6) is 11.6 Å². The molecule has 0 aliphatic carbocycles. The molecule has 0 amide bonds. The number of nitrogens with zero attached hydrogens (tertiary/aromatic N) is 2. The number of nitrogens with two attached hydrogens (primary N) is 1. The third-order valence-electron chi connectivity index (χ3n) is 4.05. The molecule has 31 heavy (non-hydrogen) atoms. The van der Waals surface area contributed by atoms with Crippen molar-refractivity contribution in [3.05, 3.63) is 84.1 Å². The summed E-state index contributed by atoms with van der Waals surface area (Å²) < 4.78 is 55.6. The molecule has 1 aromatic heterocycles. The Kier molecular flexibility index (Phi) is 7.14. The normalized spacial score (nSPS) is 11.9. The zero-order valence-electron chi connectivity index (χ0n) is 16.2. The average molecular weight is 447 g/mol. The lowest BCUT2D eigenvalue weighted by atomic mass is 10.3. The van der Waals surface area contributed by atoms with Gasteiger partial charge in [-0.05, 0) is 61.0 Å². The fourth-order valence-corrected chi connectivity index (χ4v) is 3.74. The first-order valence-electron chi connectivity index (χ1n) is 9.17. The third kappa shape index (κ3) is 6.48. The molecule has 1 heterocycles. The van der Waals surface area contributed by atoms with E-state index in [4.69, 9.17) is 15.3 Å². The topological polar surface area (TPSA) is 104 Å². The second kappa shape index (κ2) is 9.98. The Morgan fingerprint density at radius 2 is 1.61 bits per heavy atom. The maximum Gasteiger partial charge on any atom is 0.219 e. The van der Waals surface area contributed by atoms with Crippen LogP contribution in [0.15, 0.2) is 76.9 Å². The van der Waals surface area contributed by atoms with E-state index in [-0.39, 0.29) is 41.2 Å². The number of sulfone groups is 1. The van der Waals surface area contributed by atoms with Crippen LogP contribution in [0.1, 0.15) is 12.0 Å². The molecule has 2 N–H and O–H groups in total. The van der Waals surface area contributed by atoms with E-state index in [1.54, 1.807) is 12.1 Å². The van der Waals surface area contributed by atoms with Crippen LogP contribution < -0.4 is 10.5 Å². The maximum atomic E-state index is 12.9. The number of oxime groups is 1. The first kappa shape index (κ1) is 22.2. The second-order valence-electron chi connectivity index (χ2n) is 6.38. The molecule has 3 rings (SSSR count). The van der Waals surface area contributed by atoms with E-state index < -0.39 is 15.7 Å². The second-order valence-corrected chi connectivity index (χ2v) is 8.49. The molecule has 10 heteroatoms. The highest BCUT2D eigenvalue weighted by Gasteiger charge is 2.14. The number of halogens is 2. The van der Waals surface area contributed by atoms with Gasteiger partial charge in [0, 0.05) is 17.8 Å². The number of amidine groups is 1. The van der Waals surface area contributed by atoms with Gasteiger partial charge in [0.1, 0.15) is 24.0 Å². The van der Waals surface area contributed by atoms with Crippen LogP contribution in [0.4, 0.5) is 8.78 Å². The summed E-state index contributed by atoms with van der Waals surface area (Å²) in [5, 5.41) is 3.75. The first-order chi connectivity index (χ1) is 14.8. The summed E-state index contributed by atoms with van der Waals surface area (Å²) >= 11 is 0.